The number of rotatable bonds is 8. The van der Waals surface area contributed by atoms with Gasteiger partial charge in [-0.1, -0.05) is 30.2 Å². The Labute approximate surface area is 187 Å². The molecule has 3 aromatic rings. The Morgan fingerprint density at radius 3 is 2.41 bits per heavy atom. The van der Waals surface area contributed by atoms with E-state index in [1.54, 1.807) is 24.3 Å². The summed E-state index contributed by atoms with van der Waals surface area (Å²) >= 11 is 0. The third-order valence-corrected chi connectivity index (χ3v) is 6.44. The van der Waals surface area contributed by atoms with Crippen LogP contribution in [0.3, 0.4) is 0 Å². The van der Waals surface area contributed by atoms with Crippen LogP contribution in [0.15, 0.2) is 65.6 Å². The summed E-state index contributed by atoms with van der Waals surface area (Å²) in [6.45, 7) is 2.12. The van der Waals surface area contributed by atoms with Crippen LogP contribution in [-0.2, 0) is 19.6 Å². The fourth-order valence-electron chi connectivity index (χ4n) is 3.45. The molecule has 32 heavy (non-hydrogen) atoms. The van der Waals surface area contributed by atoms with Crippen molar-refractivity contribution in [2.45, 2.75) is 24.3 Å². The van der Waals surface area contributed by atoms with Gasteiger partial charge in [-0.15, -0.1) is 6.42 Å². The molecular weight excluding hydrogens is 431 g/mol. The lowest BCUT2D eigenvalue weighted by molar-refractivity contribution is -0.140. The van der Waals surface area contributed by atoms with Gasteiger partial charge in [-0.2, -0.15) is 0 Å². The molecule has 3 aromatic carbocycles. The molecule has 0 aromatic heterocycles. The summed E-state index contributed by atoms with van der Waals surface area (Å²) in [7, 11) is -2.59. The lowest BCUT2D eigenvalue weighted by atomic mass is 10.0. The fraction of sp³-hybridized carbons (Fsp3) is 0.208. The number of hydrogen-bond acceptors (Lipinski definition) is 5. The Bertz CT molecular complexity index is 1270. The summed E-state index contributed by atoms with van der Waals surface area (Å²) < 4.78 is 46.2. The van der Waals surface area contributed by atoms with Crippen LogP contribution in [0, 0.1) is 18.2 Å². The second-order valence-corrected chi connectivity index (χ2v) is 8.88. The van der Waals surface area contributed by atoms with Gasteiger partial charge in [0.2, 0.25) is 0 Å². The van der Waals surface area contributed by atoms with E-state index in [2.05, 4.69) is 10.6 Å². The molecule has 1 atom stereocenters. The number of hydrogen-bond donors (Lipinski definition) is 1. The number of terminal acetylenes is 1. The van der Waals surface area contributed by atoms with Crippen LogP contribution in [0.25, 0.3) is 10.8 Å². The molecule has 0 saturated heterocycles. The molecule has 3 rings (SSSR count). The fourth-order valence-corrected chi connectivity index (χ4v) is 4.53. The van der Waals surface area contributed by atoms with E-state index in [-0.39, 0.29) is 29.9 Å². The van der Waals surface area contributed by atoms with Gasteiger partial charge >= 0.3 is 5.97 Å². The maximum Gasteiger partial charge on any atom is 0.307 e. The van der Waals surface area contributed by atoms with Crippen molar-refractivity contribution in [3.8, 4) is 12.3 Å². The Morgan fingerprint density at radius 1 is 1.12 bits per heavy atom. The van der Waals surface area contributed by atoms with E-state index in [0.717, 1.165) is 23.2 Å². The summed E-state index contributed by atoms with van der Waals surface area (Å²) in [6, 6.07) is 15.0. The molecule has 0 aliphatic heterocycles. The summed E-state index contributed by atoms with van der Waals surface area (Å²) in [5.41, 5.74) is 1.13. The Kier molecular flexibility index (Phi) is 7.01. The van der Waals surface area contributed by atoms with E-state index in [4.69, 9.17) is 11.2 Å². The molecule has 0 bridgehead atoms. The predicted molar refractivity (Wildman–Crippen MR) is 123 cm³/mol. The van der Waals surface area contributed by atoms with E-state index >= 15 is 0 Å². The summed E-state index contributed by atoms with van der Waals surface area (Å²) in [5, 5.41) is 1.42. The minimum Gasteiger partial charge on any atom is -0.469 e. The quantitative estimate of drug-likeness (QED) is 0.408. The number of fused-ring (bicyclic) bond motifs is 1. The summed E-state index contributed by atoms with van der Waals surface area (Å²) in [4.78, 5) is 13.6. The van der Waals surface area contributed by atoms with Gasteiger partial charge in [-0.05, 0) is 43.3 Å². The summed E-state index contributed by atoms with van der Waals surface area (Å²) in [6.07, 6.45) is 5.72. The molecule has 0 spiro atoms. The minimum atomic E-state index is -3.92. The molecule has 0 aliphatic rings. The number of nitrogens with one attached hydrogen (secondary N) is 1. The average molecular weight is 455 g/mol. The first-order chi connectivity index (χ1) is 15.3. The third-order valence-electron chi connectivity index (χ3n) is 5.06. The molecule has 0 heterocycles. The second kappa shape index (κ2) is 9.71. The van der Waals surface area contributed by atoms with Crippen molar-refractivity contribution in [3.63, 3.8) is 0 Å². The van der Waals surface area contributed by atoms with Crippen LogP contribution in [0.1, 0.15) is 13.3 Å². The van der Waals surface area contributed by atoms with Crippen molar-refractivity contribution in [3.05, 3.63) is 66.5 Å². The average Bonchev–Trinajstić information content (AvgIpc) is 2.78. The first-order valence-corrected chi connectivity index (χ1v) is 11.3. The van der Waals surface area contributed by atoms with Gasteiger partial charge in [-0.3, -0.25) is 9.52 Å². The van der Waals surface area contributed by atoms with Gasteiger partial charge in [0.05, 0.1) is 30.7 Å². The van der Waals surface area contributed by atoms with Gasteiger partial charge in [0.1, 0.15) is 5.82 Å². The van der Waals surface area contributed by atoms with E-state index in [1.807, 2.05) is 24.0 Å². The molecule has 6 nitrogen and oxygen atoms in total. The van der Waals surface area contributed by atoms with Gasteiger partial charge < -0.3 is 9.64 Å². The normalized spacial score (nSPS) is 12.1. The molecular formula is C24H23FN2O4S. The van der Waals surface area contributed by atoms with Crippen molar-refractivity contribution in [2.75, 3.05) is 23.3 Å². The van der Waals surface area contributed by atoms with E-state index in [0.29, 0.717) is 11.1 Å². The number of carbonyl (C=O) groups excluding carboxylic acids is 1. The van der Waals surface area contributed by atoms with Gasteiger partial charge in [0.25, 0.3) is 10.0 Å². The van der Waals surface area contributed by atoms with Gasteiger partial charge in [0.15, 0.2) is 0 Å². The first kappa shape index (κ1) is 23.1. The number of nitrogens with zero attached hydrogens (tertiary/aromatic N) is 1. The number of methoxy groups -OCH3 is 1. The standard InChI is InChI=1S/C24H23FN2O4S/c1-4-15-27(17(2)16-24(28)31-3)23-14-13-22(20-7-5-6-8-21(20)23)26-32(29,30)19-11-9-18(25)10-12-19/h1,5-14,17,26H,15-16H2,2-3H3/t17-/m0/s1. The molecule has 0 amide bonds. The maximum atomic E-state index is 13.2. The number of ether oxygens (including phenoxy) is 1. The van der Waals surface area contributed by atoms with Crippen molar-refractivity contribution in [1.82, 2.24) is 0 Å². The highest BCUT2D eigenvalue weighted by atomic mass is 32.2. The number of halogens is 1. The topological polar surface area (TPSA) is 75.7 Å². The Morgan fingerprint density at radius 2 is 1.78 bits per heavy atom. The zero-order chi connectivity index (χ0) is 23.3. The van der Waals surface area contributed by atoms with Crippen LogP contribution in [-0.4, -0.2) is 34.1 Å². The number of benzene rings is 3. The predicted octanol–water partition coefficient (Wildman–Crippen LogP) is 4.17. The number of sulfonamides is 1. The minimum absolute atomic E-state index is 0.0484. The lowest BCUT2D eigenvalue weighted by Crippen LogP contribution is -2.35. The highest BCUT2D eigenvalue weighted by Crippen LogP contribution is 2.34. The smallest absolute Gasteiger partial charge is 0.307 e. The zero-order valence-electron chi connectivity index (χ0n) is 17.7. The lowest BCUT2D eigenvalue weighted by Gasteiger charge is -2.30. The first-order valence-electron chi connectivity index (χ1n) is 9.84. The molecule has 1 N–H and O–H groups in total. The SMILES string of the molecule is C#CCN(c1ccc(NS(=O)(=O)c2ccc(F)cc2)c2ccccc12)[C@@H](C)CC(=O)OC. The van der Waals surface area contributed by atoms with E-state index in [1.165, 1.54) is 19.2 Å². The Balaban J connectivity index is 2.04. The van der Waals surface area contributed by atoms with Crippen molar-refractivity contribution in [2.24, 2.45) is 0 Å². The van der Waals surface area contributed by atoms with Crippen LogP contribution < -0.4 is 9.62 Å². The zero-order valence-corrected chi connectivity index (χ0v) is 18.5. The second-order valence-electron chi connectivity index (χ2n) is 7.20. The molecule has 0 radical (unpaired) electrons. The van der Waals surface area contributed by atoms with Crippen LogP contribution in [0.2, 0.25) is 0 Å². The monoisotopic (exact) mass is 454 g/mol. The molecule has 0 fully saturated rings. The molecule has 166 valence electrons. The third kappa shape index (κ3) is 5.01. The largest absolute Gasteiger partial charge is 0.469 e. The number of carbonyl (C=O) groups is 1. The summed E-state index contributed by atoms with van der Waals surface area (Å²) in [5.74, 6) is 1.74. The van der Waals surface area contributed by atoms with Gasteiger partial charge in [-0.25, -0.2) is 12.8 Å². The van der Waals surface area contributed by atoms with Crippen LogP contribution in [0.4, 0.5) is 15.8 Å². The maximum absolute atomic E-state index is 13.2. The van der Waals surface area contributed by atoms with Crippen LogP contribution in [0.5, 0.6) is 0 Å². The van der Waals surface area contributed by atoms with E-state index in [9.17, 15) is 17.6 Å². The number of esters is 1. The van der Waals surface area contributed by atoms with Crippen LogP contribution >= 0.6 is 0 Å². The van der Waals surface area contributed by atoms with E-state index < -0.39 is 15.8 Å². The Hall–Kier alpha value is -3.57. The highest BCUT2D eigenvalue weighted by Gasteiger charge is 2.21. The highest BCUT2D eigenvalue weighted by molar-refractivity contribution is 7.92. The van der Waals surface area contributed by atoms with Crippen molar-refractivity contribution in [1.29, 1.82) is 0 Å². The molecule has 0 aliphatic carbocycles. The number of anilines is 2. The van der Waals surface area contributed by atoms with Crippen molar-refractivity contribution < 1.29 is 22.3 Å². The molecule has 8 heteroatoms. The molecule has 0 unspecified atom stereocenters. The molecule has 0 saturated carbocycles. The van der Waals surface area contributed by atoms with Crippen molar-refractivity contribution >= 4 is 38.1 Å². The van der Waals surface area contributed by atoms with Gasteiger partial charge in [0, 0.05) is 22.5 Å².